The van der Waals surface area contributed by atoms with Crippen LogP contribution in [-0.4, -0.2) is 33.3 Å². The summed E-state index contributed by atoms with van der Waals surface area (Å²) >= 11 is 11.9. The Hall–Kier alpha value is -1.76. The van der Waals surface area contributed by atoms with Gasteiger partial charge in [0.15, 0.2) is 5.75 Å². The number of aromatic nitrogens is 2. The van der Waals surface area contributed by atoms with E-state index in [0.717, 1.165) is 18.5 Å². The predicted molar refractivity (Wildman–Crippen MR) is 95.6 cm³/mol. The Morgan fingerprint density at radius 2 is 1.83 bits per heavy atom. The van der Waals surface area contributed by atoms with Crippen molar-refractivity contribution < 1.29 is 10.2 Å². The summed E-state index contributed by atoms with van der Waals surface area (Å²) in [6.07, 6.45) is 2.88. The summed E-state index contributed by atoms with van der Waals surface area (Å²) in [4.78, 5) is 8.95. The highest BCUT2D eigenvalue weighted by molar-refractivity contribution is 6.37. The maximum atomic E-state index is 9.64. The molecule has 0 radical (unpaired) electrons. The van der Waals surface area contributed by atoms with Gasteiger partial charge in [0.25, 0.3) is 0 Å². The molecule has 6 nitrogen and oxygen atoms in total. The fourth-order valence-electron chi connectivity index (χ4n) is 2.26. The van der Waals surface area contributed by atoms with Crippen LogP contribution >= 0.6 is 23.2 Å². The normalized spacial score (nSPS) is 13.8. The maximum absolute atomic E-state index is 9.64. The van der Waals surface area contributed by atoms with Gasteiger partial charge in [0, 0.05) is 30.8 Å². The molecule has 2 aromatic rings. The zero-order valence-corrected chi connectivity index (χ0v) is 14.4. The van der Waals surface area contributed by atoms with E-state index >= 15 is 0 Å². The van der Waals surface area contributed by atoms with E-state index in [2.05, 4.69) is 20.6 Å². The number of hydrogen-bond acceptors (Lipinski definition) is 6. The lowest BCUT2D eigenvalue weighted by molar-refractivity contribution is 0.292. The summed E-state index contributed by atoms with van der Waals surface area (Å²) in [5.74, 6) is 1.47. The summed E-state index contributed by atoms with van der Waals surface area (Å²) in [6, 6.07) is 5.07. The van der Waals surface area contributed by atoms with E-state index in [-0.39, 0.29) is 22.4 Å². The van der Waals surface area contributed by atoms with Gasteiger partial charge in [-0.25, -0.2) is 4.98 Å². The number of rotatable bonds is 7. The highest BCUT2D eigenvalue weighted by atomic mass is 35.5. The SMILES string of the molecule is OCCCNc1nc(Nc2cc(Cl)c(O)c(Cl)c2)cc(C2CC2)n1. The minimum atomic E-state index is -0.142. The monoisotopic (exact) mass is 368 g/mol. The Morgan fingerprint density at radius 1 is 1.12 bits per heavy atom. The second-order valence-corrected chi connectivity index (χ2v) is 6.51. The third kappa shape index (κ3) is 4.20. The van der Waals surface area contributed by atoms with E-state index in [1.165, 1.54) is 0 Å². The summed E-state index contributed by atoms with van der Waals surface area (Å²) in [5.41, 5.74) is 1.61. The van der Waals surface area contributed by atoms with Crippen LogP contribution < -0.4 is 10.6 Å². The van der Waals surface area contributed by atoms with E-state index < -0.39 is 0 Å². The largest absolute Gasteiger partial charge is 0.505 e. The van der Waals surface area contributed by atoms with Gasteiger partial charge in [-0.2, -0.15) is 4.98 Å². The van der Waals surface area contributed by atoms with Gasteiger partial charge in [-0.3, -0.25) is 0 Å². The molecular weight excluding hydrogens is 351 g/mol. The molecule has 1 aliphatic carbocycles. The molecule has 0 bridgehead atoms. The molecule has 1 saturated carbocycles. The van der Waals surface area contributed by atoms with Crippen LogP contribution in [0, 0.1) is 0 Å². The highest BCUT2D eigenvalue weighted by Gasteiger charge is 2.26. The van der Waals surface area contributed by atoms with Gasteiger partial charge in [0.05, 0.1) is 15.7 Å². The lowest BCUT2D eigenvalue weighted by Crippen LogP contribution is -2.09. The Labute approximate surface area is 149 Å². The zero-order chi connectivity index (χ0) is 17.1. The van der Waals surface area contributed by atoms with Gasteiger partial charge < -0.3 is 20.8 Å². The van der Waals surface area contributed by atoms with Crippen molar-refractivity contribution in [3.05, 3.63) is 33.9 Å². The number of nitrogens with zero attached hydrogens (tertiary/aromatic N) is 2. The highest BCUT2D eigenvalue weighted by Crippen LogP contribution is 2.40. The first-order chi connectivity index (χ1) is 11.6. The first-order valence-electron chi connectivity index (χ1n) is 7.75. The quantitative estimate of drug-likeness (QED) is 0.437. The molecule has 0 spiro atoms. The minimum Gasteiger partial charge on any atom is -0.505 e. The maximum Gasteiger partial charge on any atom is 0.224 e. The fraction of sp³-hybridized carbons (Fsp3) is 0.375. The number of aliphatic hydroxyl groups excluding tert-OH is 1. The Kier molecular flexibility index (Phi) is 5.28. The Morgan fingerprint density at radius 3 is 2.46 bits per heavy atom. The molecule has 0 atom stereocenters. The molecule has 1 heterocycles. The summed E-state index contributed by atoms with van der Waals surface area (Å²) in [7, 11) is 0. The fourth-order valence-corrected chi connectivity index (χ4v) is 2.75. The lowest BCUT2D eigenvalue weighted by atomic mass is 10.2. The van der Waals surface area contributed by atoms with Crippen LogP contribution in [0.3, 0.4) is 0 Å². The Balaban J connectivity index is 1.83. The summed E-state index contributed by atoms with van der Waals surface area (Å²) in [6.45, 7) is 0.714. The molecule has 1 aliphatic rings. The third-order valence-electron chi connectivity index (χ3n) is 3.65. The van der Waals surface area contributed by atoms with Crippen molar-refractivity contribution in [1.29, 1.82) is 0 Å². The molecule has 1 fully saturated rings. The predicted octanol–water partition coefficient (Wildman–Crippen LogP) is 3.90. The van der Waals surface area contributed by atoms with E-state index in [0.29, 0.717) is 36.3 Å². The van der Waals surface area contributed by atoms with E-state index in [1.54, 1.807) is 12.1 Å². The second-order valence-electron chi connectivity index (χ2n) is 5.69. The first-order valence-corrected chi connectivity index (χ1v) is 8.51. The molecule has 1 aromatic heterocycles. The van der Waals surface area contributed by atoms with Crippen LogP contribution in [0.5, 0.6) is 5.75 Å². The molecule has 128 valence electrons. The number of phenolic OH excluding ortho intramolecular Hbond substituents is 1. The van der Waals surface area contributed by atoms with Crippen molar-refractivity contribution in [3.8, 4) is 5.75 Å². The van der Waals surface area contributed by atoms with Crippen molar-refractivity contribution in [1.82, 2.24) is 9.97 Å². The molecule has 8 heteroatoms. The summed E-state index contributed by atoms with van der Waals surface area (Å²) in [5, 5.41) is 25.1. The topological polar surface area (TPSA) is 90.3 Å². The molecule has 0 unspecified atom stereocenters. The summed E-state index contributed by atoms with van der Waals surface area (Å²) < 4.78 is 0. The minimum absolute atomic E-state index is 0.116. The number of anilines is 3. The number of halogens is 2. The van der Waals surface area contributed by atoms with Crippen LogP contribution in [0.25, 0.3) is 0 Å². The average molecular weight is 369 g/mol. The van der Waals surface area contributed by atoms with Crippen LogP contribution in [0.15, 0.2) is 18.2 Å². The molecule has 1 aromatic carbocycles. The molecular formula is C16H18Cl2N4O2. The van der Waals surface area contributed by atoms with Gasteiger partial charge in [-0.05, 0) is 31.4 Å². The molecule has 0 saturated heterocycles. The lowest BCUT2D eigenvalue weighted by Gasteiger charge is -2.12. The molecule has 0 amide bonds. The van der Waals surface area contributed by atoms with Crippen LogP contribution in [0.1, 0.15) is 30.9 Å². The van der Waals surface area contributed by atoms with Crippen molar-refractivity contribution in [3.63, 3.8) is 0 Å². The molecule has 0 aliphatic heterocycles. The van der Waals surface area contributed by atoms with Crippen LogP contribution in [0.4, 0.5) is 17.5 Å². The molecule has 4 N–H and O–H groups in total. The van der Waals surface area contributed by atoms with Crippen molar-refractivity contribution >= 4 is 40.7 Å². The first kappa shape index (κ1) is 17.1. The zero-order valence-electron chi connectivity index (χ0n) is 12.9. The average Bonchev–Trinajstić information content (AvgIpc) is 3.37. The van der Waals surface area contributed by atoms with Gasteiger partial charge in [0.1, 0.15) is 5.82 Å². The molecule has 3 rings (SSSR count). The number of aliphatic hydroxyl groups is 1. The number of hydrogen-bond donors (Lipinski definition) is 4. The van der Waals surface area contributed by atoms with Crippen molar-refractivity contribution in [2.75, 3.05) is 23.8 Å². The van der Waals surface area contributed by atoms with Gasteiger partial charge in [-0.1, -0.05) is 23.2 Å². The van der Waals surface area contributed by atoms with Crippen LogP contribution in [-0.2, 0) is 0 Å². The van der Waals surface area contributed by atoms with Gasteiger partial charge in [0.2, 0.25) is 5.95 Å². The number of phenols is 1. The number of benzene rings is 1. The smallest absolute Gasteiger partial charge is 0.224 e. The van der Waals surface area contributed by atoms with Gasteiger partial charge >= 0.3 is 0 Å². The Bertz CT molecular complexity index is 715. The second kappa shape index (κ2) is 7.42. The van der Waals surface area contributed by atoms with Crippen molar-refractivity contribution in [2.45, 2.75) is 25.2 Å². The van der Waals surface area contributed by atoms with Gasteiger partial charge in [-0.15, -0.1) is 0 Å². The third-order valence-corrected chi connectivity index (χ3v) is 4.23. The number of aromatic hydroxyl groups is 1. The standard InChI is InChI=1S/C16H18Cl2N4O2/c17-11-6-10(7-12(18)15(11)24)20-14-8-13(9-2-3-9)21-16(22-14)19-4-1-5-23/h6-9,23-24H,1-5H2,(H2,19,20,21,22). The van der Waals surface area contributed by atoms with E-state index in [4.69, 9.17) is 28.3 Å². The van der Waals surface area contributed by atoms with Crippen molar-refractivity contribution in [2.24, 2.45) is 0 Å². The van der Waals surface area contributed by atoms with E-state index in [9.17, 15) is 5.11 Å². The molecule has 24 heavy (non-hydrogen) atoms. The number of nitrogens with one attached hydrogen (secondary N) is 2. The van der Waals surface area contributed by atoms with E-state index in [1.807, 2.05) is 6.07 Å². The van der Waals surface area contributed by atoms with Crippen LogP contribution in [0.2, 0.25) is 10.0 Å².